The highest BCUT2D eigenvalue weighted by Crippen LogP contribution is 2.39. The molecule has 1 aliphatic rings. The molecule has 3 aromatic heterocycles. The van der Waals surface area contributed by atoms with E-state index in [1.54, 1.807) is 14.0 Å². The van der Waals surface area contributed by atoms with Gasteiger partial charge in [0.1, 0.15) is 17.6 Å². The molecule has 0 radical (unpaired) electrons. The summed E-state index contributed by atoms with van der Waals surface area (Å²) in [5.74, 6) is -0.872. The lowest BCUT2D eigenvalue weighted by Crippen LogP contribution is -2.30. The number of hydrogen-bond donors (Lipinski definition) is 3. The van der Waals surface area contributed by atoms with E-state index in [1.807, 2.05) is 4.90 Å². The maximum absolute atomic E-state index is 15.0. The molecule has 172 valence electrons. The number of hydrogen-bond acceptors (Lipinski definition) is 8. The first-order valence-electron chi connectivity index (χ1n) is 10.8. The number of piperidine rings is 1. The van der Waals surface area contributed by atoms with Crippen molar-refractivity contribution in [2.45, 2.75) is 32.3 Å². The zero-order valence-electron chi connectivity index (χ0n) is 18.2. The van der Waals surface area contributed by atoms with Gasteiger partial charge in [-0.1, -0.05) is 0 Å². The molecule has 3 N–H and O–H groups in total. The molecule has 0 spiro atoms. The van der Waals surface area contributed by atoms with Gasteiger partial charge in [0.25, 0.3) is 0 Å². The predicted octanol–water partition coefficient (Wildman–Crippen LogP) is 4.06. The molecule has 0 aliphatic carbocycles. The van der Waals surface area contributed by atoms with E-state index in [1.165, 1.54) is 12.4 Å². The van der Waals surface area contributed by atoms with Crippen molar-refractivity contribution in [3.8, 4) is 11.8 Å². The largest absolute Gasteiger partial charge is 0.421 e. The molecule has 4 heterocycles. The molecule has 1 aliphatic heterocycles. The first-order valence-corrected chi connectivity index (χ1v) is 10.8. The molecule has 1 saturated heterocycles. The van der Waals surface area contributed by atoms with Crippen LogP contribution in [0, 0.1) is 11.6 Å². The van der Waals surface area contributed by atoms with E-state index < -0.39 is 17.7 Å². The Kier molecular flexibility index (Phi) is 5.41. The van der Waals surface area contributed by atoms with Crippen LogP contribution in [-0.4, -0.2) is 50.2 Å². The maximum Gasteiger partial charge on any atom is 0.326 e. The van der Waals surface area contributed by atoms with Crippen LogP contribution in [0.5, 0.6) is 11.8 Å². The zero-order valence-corrected chi connectivity index (χ0v) is 18.2. The van der Waals surface area contributed by atoms with Crippen molar-refractivity contribution in [2.75, 3.05) is 30.4 Å². The number of rotatable bonds is 5. The quantitative estimate of drug-likeness (QED) is 0.413. The standard InChI is InChI=1S/C22H23F2N7O2/c1-11(32)19-26-9-12(10-27-19)33-22-29-20-16(21(30-22)31-6-4-3-5-7-31)15-17(24)13(23)8-14(25-2)18(15)28-20/h8-11,25,32H,3-7H2,1-2H3,(H,28,29,30). The van der Waals surface area contributed by atoms with Gasteiger partial charge in [-0.05, 0) is 26.2 Å². The molecule has 1 atom stereocenters. The number of anilines is 2. The Balaban J connectivity index is 1.68. The molecule has 0 saturated carbocycles. The number of nitrogens with zero attached hydrogens (tertiary/aromatic N) is 5. The number of aromatic nitrogens is 5. The monoisotopic (exact) mass is 455 g/mol. The molecule has 0 amide bonds. The second kappa shape index (κ2) is 8.39. The number of ether oxygens (including phenoxy) is 1. The van der Waals surface area contributed by atoms with Crippen molar-refractivity contribution >= 4 is 33.4 Å². The SMILES string of the molecule is CNc1cc(F)c(F)c2c1[nH]c1nc(Oc3cnc(C(C)O)nc3)nc(N3CCCCC3)c12. The van der Waals surface area contributed by atoms with Gasteiger partial charge >= 0.3 is 6.01 Å². The molecule has 1 unspecified atom stereocenters. The van der Waals surface area contributed by atoms with E-state index in [9.17, 15) is 9.50 Å². The van der Waals surface area contributed by atoms with E-state index in [0.29, 0.717) is 28.1 Å². The fourth-order valence-electron chi connectivity index (χ4n) is 4.14. The highest BCUT2D eigenvalue weighted by Gasteiger charge is 2.25. The number of benzene rings is 1. The zero-order chi connectivity index (χ0) is 23.1. The van der Waals surface area contributed by atoms with Crippen molar-refractivity contribution in [1.82, 2.24) is 24.9 Å². The van der Waals surface area contributed by atoms with Crippen molar-refractivity contribution in [2.24, 2.45) is 0 Å². The molecule has 9 nitrogen and oxygen atoms in total. The molecule has 11 heteroatoms. The summed E-state index contributed by atoms with van der Waals surface area (Å²) in [5.41, 5.74) is 1.15. The maximum atomic E-state index is 15.0. The summed E-state index contributed by atoms with van der Waals surface area (Å²) in [4.78, 5) is 22.3. The summed E-state index contributed by atoms with van der Waals surface area (Å²) in [6, 6.07) is 1.13. The van der Waals surface area contributed by atoms with Crippen molar-refractivity contribution in [3.63, 3.8) is 0 Å². The highest BCUT2D eigenvalue weighted by atomic mass is 19.2. The molecular weight excluding hydrogens is 432 g/mol. The predicted molar refractivity (Wildman–Crippen MR) is 120 cm³/mol. The van der Waals surface area contributed by atoms with Crippen LogP contribution >= 0.6 is 0 Å². The van der Waals surface area contributed by atoms with E-state index in [2.05, 4.69) is 30.2 Å². The number of H-pyrrole nitrogens is 1. The van der Waals surface area contributed by atoms with Crippen LogP contribution in [0.1, 0.15) is 38.1 Å². The van der Waals surface area contributed by atoms with Gasteiger partial charge in [0.2, 0.25) is 0 Å². The van der Waals surface area contributed by atoms with Crippen LogP contribution < -0.4 is 15.0 Å². The summed E-state index contributed by atoms with van der Waals surface area (Å²) in [5, 5.41) is 13.0. The summed E-state index contributed by atoms with van der Waals surface area (Å²) in [6.45, 7) is 3.04. The Labute approximate surface area is 187 Å². The smallest absolute Gasteiger partial charge is 0.326 e. The summed E-state index contributed by atoms with van der Waals surface area (Å²) >= 11 is 0. The Morgan fingerprint density at radius 2 is 1.85 bits per heavy atom. The first kappa shape index (κ1) is 21.3. The van der Waals surface area contributed by atoms with Gasteiger partial charge in [-0.25, -0.2) is 18.7 Å². The van der Waals surface area contributed by atoms with Gasteiger partial charge in [0, 0.05) is 26.2 Å². The summed E-state index contributed by atoms with van der Waals surface area (Å²) in [6.07, 6.45) is 5.07. The highest BCUT2D eigenvalue weighted by molar-refractivity contribution is 6.15. The molecular formula is C22H23F2N7O2. The number of nitrogens with one attached hydrogen (secondary N) is 2. The molecule has 0 bridgehead atoms. The molecule has 33 heavy (non-hydrogen) atoms. The van der Waals surface area contributed by atoms with Crippen LogP contribution in [0.15, 0.2) is 18.5 Å². The van der Waals surface area contributed by atoms with Gasteiger partial charge < -0.3 is 25.0 Å². The van der Waals surface area contributed by atoms with Gasteiger partial charge in [-0.15, -0.1) is 0 Å². The van der Waals surface area contributed by atoms with Gasteiger partial charge in [-0.3, -0.25) is 0 Å². The fraction of sp³-hybridized carbons (Fsp3) is 0.364. The number of fused-ring (bicyclic) bond motifs is 3. The van der Waals surface area contributed by atoms with Gasteiger partial charge in [0.05, 0.1) is 34.4 Å². The Morgan fingerprint density at radius 1 is 1.12 bits per heavy atom. The Morgan fingerprint density at radius 3 is 2.52 bits per heavy atom. The van der Waals surface area contributed by atoms with Crippen LogP contribution in [0.4, 0.5) is 20.3 Å². The third kappa shape index (κ3) is 3.78. The lowest BCUT2D eigenvalue weighted by molar-refractivity contribution is 0.188. The number of aliphatic hydroxyl groups excluding tert-OH is 1. The van der Waals surface area contributed by atoms with Crippen molar-refractivity contribution in [1.29, 1.82) is 0 Å². The summed E-state index contributed by atoms with van der Waals surface area (Å²) < 4.78 is 35.2. The third-order valence-corrected chi connectivity index (χ3v) is 5.74. The Hall–Kier alpha value is -3.60. The van der Waals surface area contributed by atoms with Crippen LogP contribution in [0.2, 0.25) is 0 Å². The topological polar surface area (TPSA) is 112 Å². The van der Waals surface area contributed by atoms with Crippen LogP contribution in [0.25, 0.3) is 21.9 Å². The average molecular weight is 455 g/mol. The minimum atomic E-state index is -0.951. The number of halogens is 2. The third-order valence-electron chi connectivity index (χ3n) is 5.74. The van der Waals surface area contributed by atoms with Crippen molar-refractivity contribution < 1.29 is 18.6 Å². The van der Waals surface area contributed by atoms with E-state index in [-0.39, 0.29) is 23.0 Å². The molecule has 1 aromatic carbocycles. The lowest BCUT2D eigenvalue weighted by atomic mass is 10.1. The molecule has 5 rings (SSSR count). The fourth-order valence-corrected chi connectivity index (χ4v) is 4.14. The van der Waals surface area contributed by atoms with E-state index >= 15 is 4.39 Å². The van der Waals surface area contributed by atoms with E-state index in [4.69, 9.17) is 4.74 Å². The van der Waals surface area contributed by atoms with Crippen LogP contribution in [0.3, 0.4) is 0 Å². The van der Waals surface area contributed by atoms with E-state index in [0.717, 1.165) is 38.4 Å². The number of aromatic amines is 1. The van der Waals surface area contributed by atoms with Gasteiger partial charge in [-0.2, -0.15) is 9.97 Å². The first-order chi connectivity index (χ1) is 16.0. The molecule has 1 fully saturated rings. The minimum Gasteiger partial charge on any atom is -0.421 e. The minimum absolute atomic E-state index is 0.0231. The van der Waals surface area contributed by atoms with Crippen molar-refractivity contribution in [3.05, 3.63) is 35.9 Å². The number of aliphatic hydroxyl groups is 1. The second-order valence-corrected chi connectivity index (χ2v) is 8.00. The van der Waals surface area contributed by atoms with Crippen LogP contribution in [-0.2, 0) is 0 Å². The molecule has 4 aromatic rings. The summed E-state index contributed by atoms with van der Waals surface area (Å²) in [7, 11) is 1.64. The average Bonchev–Trinajstić information content (AvgIpc) is 3.21. The Bertz CT molecular complexity index is 1320. The normalized spacial score (nSPS) is 15.2. The second-order valence-electron chi connectivity index (χ2n) is 8.00. The van der Waals surface area contributed by atoms with Gasteiger partial charge in [0.15, 0.2) is 23.2 Å². The lowest BCUT2D eigenvalue weighted by Gasteiger charge is -2.28.